The Morgan fingerprint density at radius 2 is 1.67 bits per heavy atom. The molecular formula is C21H32N2O4. The Kier molecular flexibility index (Phi) is 6.96. The smallest absolute Gasteiger partial charge is 0.254 e. The first-order valence-corrected chi connectivity index (χ1v) is 10.0. The number of nitrogens with zero attached hydrogens (tertiary/aromatic N) is 2. The minimum atomic E-state index is -0.252. The number of hydrogen-bond donors (Lipinski definition) is 1. The number of aliphatic hydroxyl groups excluding tert-OH is 1. The molecule has 3 rings (SSSR count). The number of aliphatic hydroxyl groups is 1. The van der Waals surface area contributed by atoms with Gasteiger partial charge in [0, 0.05) is 44.4 Å². The zero-order chi connectivity index (χ0) is 19.2. The van der Waals surface area contributed by atoms with Crippen LogP contribution in [-0.2, 0) is 0 Å². The van der Waals surface area contributed by atoms with Crippen LogP contribution in [0.15, 0.2) is 18.2 Å². The van der Waals surface area contributed by atoms with Crippen molar-refractivity contribution >= 4 is 5.91 Å². The van der Waals surface area contributed by atoms with E-state index in [1.54, 1.807) is 32.4 Å². The van der Waals surface area contributed by atoms with Crippen molar-refractivity contribution < 1.29 is 19.4 Å². The fourth-order valence-electron chi connectivity index (χ4n) is 4.25. The van der Waals surface area contributed by atoms with Crippen molar-refractivity contribution in [2.24, 2.45) is 5.92 Å². The van der Waals surface area contributed by atoms with E-state index in [1.165, 1.54) is 25.7 Å². The largest absolute Gasteiger partial charge is 0.497 e. The van der Waals surface area contributed by atoms with Crippen LogP contribution < -0.4 is 9.47 Å². The predicted octanol–water partition coefficient (Wildman–Crippen LogP) is 2.40. The van der Waals surface area contributed by atoms with Crippen LogP contribution in [0.1, 0.15) is 42.5 Å². The summed E-state index contributed by atoms with van der Waals surface area (Å²) in [4.78, 5) is 17.0. The Labute approximate surface area is 162 Å². The molecule has 150 valence electrons. The number of carbonyl (C=O) groups excluding carboxylic acids is 1. The molecule has 0 aromatic heterocycles. The van der Waals surface area contributed by atoms with E-state index >= 15 is 0 Å². The first-order valence-electron chi connectivity index (χ1n) is 10.0. The van der Waals surface area contributed by atoms with Crippen molar-refractivity contribution in [3.63, 3.8) is 0 Å². The molecule has 0 unspecified atom stereocenters. The van der Waals surface area contributed by atoms with Crippen molar-refractivity contribution in [2.45, 2.75) is 38.2 Å². The van der Waals surface area contributed by atoms with Crippen molar-refractivity contribution in [1.29, 1.82) is 0 Å². The van der Waals surface area contributed by atoms with E-state index in [0.29, 0.717) is 42.6 Å². The molecule has 2 fully saturated rings. The Morgan fingerprint density at radius 1 is 1.07 bits per heavy atom. The normalized spacial score (nSPS) is 19.9. The van der Waals surface area contributed by atoms with Crippen molar-refractivity contribution in [3.05, 3.63) is 23.8 Å². The average molecular weight is 376 g/mol. The predicted molar refractivity (Wildman–Crippen MR) is 104 cm³/mol. The lowest BCUT2D eigenvalue weighted by molar-refractivity contribution is 0.0482. The number of ether oxygens (including phenoxy) is 2. The lowest BCUT2D eigenvalue weighted by Crippen LogP contribution is -2.50. The molecule has 0 bridgehead atoms. The van der Waals surface area contributed by atoms with Crippen LogP contribution in [-0.4, -0.2) is 73.9 Å². The third-order valence-corrected chi connectivity index (χ3v) is 5.81. The molecule has 0 spiro atoms. The van der Waals surface area contributed by atoms with E-state index in [4.69, 9.17) is 9.47 Å². The van der Waals surface area contributed by atoms with Crippen LogP contribution in [0.25, 0.3) is 0 Å². The third kappa shape index (κ3) is 5.36. The molecule has 0 radical (unpaired) electrons. The molecule has 6 nitrogen and oxygen atoms in total. The molecule has 1 aliphatic heterocycles. The van der Waals surface area contributed by atoms with Gasteiger partial charge in [-0.3, -0.25) is 9.69 Å². The summed E-state index contributed by atoms with van der Waals surface area (Å²) in [5.41, 5.74) is 0.584. The summed E-state index contributed by atoms with van der Waals surface area (Å²) in [6, 6.07) is 5.27. The highest BCUT2D eigenvalue weighted by molar-refractivity contribution is 5.95. The summed E-state index contributed by atoms with van der Waals surface area (Å²) in [5.74, 6) is 1.93. The highest BCUT2D eigenvalue weighted by Gasteiger charge is 2.25. The van der Waals surface area contributed by atoms with Crippen LogP contribution in [0.3, 0.4) is 0 Å². The Morgan fingerprint density at radius 3 is 2.22 bits per heavy atom. The van der Waals surface area contributed by atoms with E-state index in [1.807, 2.05) is 4.90 Å². The molecule has 6 heteroatoms. The van der Waals surface area contributed by atoms with E-state index in [-0.39, 0.29) is 12.0 Å². The van der Waals surface area contributed by atoms with Gasteiger partial charge in [0.2, 0.25) is 0 Å². The molecule has 1 saturated heterocycles. The fourth-order valence-corrected chi connectivity index (χ4v) is 4.25. The van der Waals surface area contributed by atoms with Crippen LogP contribution in [0.5, 0.6) is 11.5 Å². The maximum Gasteiger partial charge on any atom is 0.254 e. The van der Waals surface area contributed by atoms with Gasteiger partial charge in [-0.15, -0.1) is 0 Å². The monoisotopic (exact) mass is 376 g/mol. The second kappa shape index (κ2) is 9.42. The molecule has 1 aliphatic carbocycles. The van der Waals surface area contributed by atoms with Gasteiger partial charge >= 0.3 is 0 Å². The molecule has 1 aromatic rings. The minimum Gasteiger partial charge on any atom is -0.497 e. The second-order valence-corrected chi connectivity index (χ2v) is 7.73. The van der Waals surface area contributed by atoms with Gasteiger partial charge < -0.3 is 19.5 Å². The Hall–Kier alpha value is -1.79. The van der Waals surface area contributed by atoms with Gasteiger partial charge in [-0.1, -0.05) is 25.7 Å². The molecule has 1 amide bonds. The summed E-state index contributed by atoms with van der Waals surface area (Å²) in [6.07, 6.45) is 5.83. The van der Waals surface area contributed by atoms with Gasteiger partial charge in [-0.25, -0.2) is 0 Å². The molecule has 1 heterocycles. The number of piperazine rings is 1. The van der Waals surface area contributed by atoms with Crippen LogP contribution in [0.4, 0.5) is 0 Å². The molecular weight excluding hydrogens is 344 g/mol. The van der Waals surface area contributed by atoms with Crippen molar-refractivity contribution in [3.8, 4) is 11.5 Å². The fraction of sp³-hybridized carbons (Fsp3) is 0.667. The summed E-state index contributed by atoms with van der Waals surface area (Å²) < 4.78 is 10.5. The summed E-state index contributed by atoms with van der Waals surface area (Å²) in [6.45, 7) is 3.66. The summed E-state index contributed by atoms with van der Waals surface area (Å²) >= 11 is 0. The summed E-state index contributed by atoms with van der Waals surface area (Å²) in [5, 5.41) is 10.4. The van der Waals surface area contributed by atoms with Gasteiger partial charge in [-0.05, 0) is 24.5 Å². The number of carbonyl (C=O) groups is 1. The number of methoxy groups -OCH3 is 2. The Bertz CT molecular complexity index is 600. The molecule has 2 aliphatic rings. The van der Waals surface area contributed by atoms with E-state index in [9.17, 15) is 9.90 Å². The lowest BCUT2D eigenvalue weighted by Gasteiger charge is -2.36. The van der Waals surface area contributed by atoms with Crippen LogP contribution in [0, 0.1) is 5.92 Å². The van der Waals surface area contributed by atoms with Crippen molar-refractivity contribution in [2.75, 3.05) is 46.9 Å². The SMILES string of the molecule is COc1cc(OC)cc(C(=O)N2CCN(C[C@@H](O)CC3CCCC3)CC2)c1. The standard InChI is InChI=1S/C21H32N2O4/c1-26-19-12-17(13-20(14-19)27-2)21(25)23-9-7-22(8-10-23)15-18(24)11-16-5-3-4-6-16/h12-14,16,18,24H,3-11,15H2,1-2H3/t18-/m0/s1. The van der Waals surface area contributed by atoms with Gasteiger partial charge in [0.15, 0.2) is 0 Å². The summed E-state index contributed by atoms with van der Waals surface area (Å²) in [7, 11) is 3.16. The van der Waals surface area contributed by atoms with E-state index < -0.39 is 0 Å². The number of rotatable bonds is 7. The molecule has 1 atom stereocenters. The maximum absolute atomic E-state index is 12.8. The molecule has 1 N–H and O–H groups in total. The first-order chi connectivity index (χ1) is 13.1. The second-order valence-electron chi connectivity index (χ2n) is 7.73. The van der Waals surface area contributed by atoms with Gasteiger partial charge in [0.25, 0.3) is 5.91 Å². The van der Waals surface area contributed by atoms with E-state index in [0.717, 1.165) is 19.5 Å². The van der Waals surface area contributed by atoms with Crippen LogP contribution >= 0.6 is 0 Å². The highest BCUT2D eigenvalue weighted by Crippen LogP contribution is 2.29. The average Bonchev–Trinajstić information content (AvgIpc) is 3.20. The van der Waals surface area contributed by atoms with Gasteiger partial charge in [0.05, 0.1) is 20.3 Å². The first kappa shape index (κ1) is 20.0. The molecule has 1 aromatic carbocycles. The van der Waals surface area contributed by atoms with E-state index in [2.05, 4.69) is 4.90 Å². The highest BCUT2D eigenvalue weighted by atomic mass is 16.5. The van der Waals surface area contributed by atoms with Crippen LogP contribution in [0.2, 0.25) is 0 Å². The number of hydrogen-bond acceptors (Lipinski definition) is 5. The third-order valence-electron chi connectivity index (χ3n) is 5.81. The molecule has 1 saturated carbocycles. The number of benzene rings is 1. The Balaban J connectivity index is 1.50. The molecule has 27 heavy (non-hydrogen) atoms. The maximum atomic E-state index is 12.8. The quantitative estimate of drug-likeness (QED) is 0.792. The van der Waals surface area contributed by atoms with Gasteiger partial charge in [0.1, 0.15) is 11.5 Å². The zero-order valence-corrected chi connectivity index (χ0v) is 16.5. The van der Waals surface area contributed by atoms with Gasteiger partial charge in [-0.2, -0.15) is 0 Å². The lowest BCUT2D eigenvalue weighted by atomic mass is 9.99. The topological polar surface area (TPSA) is 62.2 Å². The zero-order valence-electron chi connectivity index (χ0n) is 16.5. The number of amides is 1. The van der Waals surface area contributed by atoms with Crippen molar-refractivity contribution in [1.82, 2.24) is 9.80 Å². The minimum absolute atomic E-state index is 0.00152. The number of β-amino-alcohol motifs (C(OH)–C–C–N with tert-alkyl or cyclic N) is 1.